The molecule has 0 atom stereocenters. The normalized spacial score (nSPS) is 15.3. The second-order valence-corrected chi connectivity index (χ2v) is 7.10. The highest BCUT2D eigenvalue weighted by atomic mass is 35.5. The summed E-state index contributed by atoms with van der Waals surface area (Å²) in [4.78, 5) is 4.84. The first-order valence-corrected chi connectivity index (χ1v) is 9.29. The molecular weight excluding hydrogens is 366 g/mol. The number of nitrogens with one attached hydrogen (secondary N) is 1. The summed E-state index contributed by atoms with van der Waals surface area (Å²) in [5.41, 5.74) is 11.4. The number of hydrogen-bond acceptors (Lipinski definition) is 4. The number of nitrogens with zero attached hydrogens (tertiary/aromatic N) is 3. The van der Waals surface area contributed by atoms with E-state index in [2.05, 4.69) is 38.5 Å². The first-order valence-electron chi connectivity index (χ1n) is 8.50. The van der Waals surface area contributed by atoms with E-state index in [0.29, 0.717) is 0 Å². The number of nitrogens with two attached hydrogens (primary N) is 1. The van der Waals surface area contributed by atoms with Crippen LogP contribution in [0.3, 0.4) is 0 Å². The highest BCUT2D eigenvalue weighted by molar-refractivity contribution is 7.80. The number of piperazine rings is 1. The van der Waals surface area contributed by atoms with Crippen LogP contribution >= 0.6 is 23.8 Å². The lowest BCUT2D eigenvalue weighted by Crippen LogP contribution is -2.45. The van der Waals surface area contributed by atoms with Crippen molar-refractivity contribution < 1.29 is 0 Å². The predicted molar refractivity (Wildman–Crippen MR) is 113 cm³/mol. The molecular formula is C19H22ClN5S. The summed E-state index contributed by atoms with van der Waals surface area (Å²) in [5.74, 6) is 0. The first-order chi connectivity index (χ1) is 12.6. The molecule has 1 aliphatic rings. The molecule has 136 valence electrons. The minimum atomic E-state index is 0.162. The van der Waals surface area contributed by atoms with Crippen molar-refractivity contribution in [2.75, 3.05) is 31.1 Å². The van der Waals surface area contributed by atoms with Crippen molar-refractivity contribution in [1.29, 1.82) is 0 Å². The van der Waals surface area contributed by atoms with Gasteiger partial charge in [-0.05, 0) is 47.6 Å². The molecule has 0 amide bonds. The van der Waals surface area contributed by atoms with E-state index in [4.69, 9.17) is 29.6 Å². The van der Waals surface area contributed by atoms with Crippen LogP contribution in [-0.4, -0.2) is 42.4 Å². The van der Waals surface area contributed by atoms with Crippen LogP contribution in [0.2, 0.25) is 5.02 Å². The fourth-order valence-corrected chi connectivity index (χ4v) is 3.27. The molecule has 2 aromatic carbocycles. The predicted octanol–water partition coefficient (Wildman–Crippen LogP) is 2.83. The highest BCUT2D eigenvalue weighted by Gasteiger charge is 2.17. The zero-order chi connectivity index (χ0) is 18.4. The van der Waals surface area contributed by atoms with E-state index in [9.17, 15) is 0 Å². The molecule has 2 aromatic rings. The Bertz CT molecular complexity index is 787. The molecule has 26 heavy (non-hydrogen) atoms. The largest absolute Gasteiger partial charge is 0.375 e. The molecule has 3 N–H and O–H groups in total. The van der Waals surface area contributed by atoms with Crippen LogP contribution in [0.15, 0.2) is 53.6 Å². The van der Waals surface area contributed by atoms with Crippen molar-refractivity contribution in [2.24, 2.45) is 10.8 Å². The minimum absolute atomic E-state index is 0.162. The van der Waals surface area contributed by atoms with E-state index in [1.54, 1.807) is 6.21 Å². The Morgan fingerprint density at radius 2 is 1.92 bits per heavy atom. The van der Waals surface area contributed by atoms with Crippen LogP contribution in [0.4, 0.5) is 5.69 Å². The maximum atomic E-state index is 6.10. The lowest BCUT2D eigenvalue weighted by atomic mass is 10.1. The Balaban J connectivity index is 1.54. The van der Waals surface area contributed by atoms with Gasteiger partial charge in [0.1, 0.15) is 0 Å². The summed E-state index contributed by atoms with van der Waals surface area (Å²) in [5, 5.41) is 4.95. The summed E-state index contributed by atoms with van der Waals surface area (Å²) in [6.45, 7) is 4.97. The Morgan fingerprint density at radius 3 is 2.65 bits per heavy atom. The molecule has 1 fully saturated rings. The van der Waals surface area contributed by atoms with Gasteiger partial charge in [-0.1, -0.05) is 35.9 Å². The van der Waals surface area contributed by atoms with Gasteiger partial charge in [0.15, 0.2) is 5.11 Å². The summed E-state index contributed by atoms with van der Waals surface area (Å²) < 4.78 is 0. The zero-order valence-corrected chi connectivity index (χ0v) is 16.0. The number of halogens is 1. The zero-order valence-electron chi connectivity index (χ0n) is 14.4. The molecule has 1 aliphatic heterocycles. The molecule has 0 aliphatic carbocycles. The third kappa shape index (κ3) is 5.42. The number of hydrogen-bond donors (Lipinski definition) is 2. The van der Waals surface area contributed by atoms with Gasteiger partial charge in [0.2, 0.25) is 0 Å². The number of rotatable bonds is 5. The van der Waals surface area contributed by atoms with Crippen LogP contribution in [-0.2, 0) is 6.54 Å². The lowest BCUT2D eigenvalue weighted by Gasteiger charge is -2.36. The van der Waals surface area contributed by atoms with Gasteiger partial charge in [-0.2, -0.15) is 5.10 Å². The molecule has 0 bridgehead atoms. The average molecular weight is 388 g/mol. The number of benzene rings is 2. The molecule has 0 radical (unpaired) electrons. The van der Waals surface area contributed by atoms with Crippen LogP contribution < -0.4 is 16.1 Å². The average Bonchev–Trinajstić information content (AvgIpc) is 2.62. The van der Waals surface area contributed by atoms with Crippen molar-refractivity contribution in [2.45, 2.75) is 6.54 Å². The van der Waals surface area contributed by atoms with E-state index >= 15 is 0 Å². The smallest absolute Gasteiger partial charge is 0.184 e. The SMILES string of the molecule is NC(=S)N/N=C/c1cccc(CN2CCN(c3cccc(Cl)c3)CC2)c1. The standard InChI is InChI=1S/C19H22ClN5S/c20-17-5-2-6-18(12-17)25-9-7-24(8-10-25)14-16-4-1-3-15(11-16)13-22-23-19(21)26/h1-6,11-13H,7-10,14H2,(H3,21,23,26)/b22-13+. The van der Waals surface area contributed by atoms with Gasteiger partial charge in [-0.25, -0.2) is 0 Å². The number of anilines is 1. The van der Waals surface area contributed by atoms with Crippen LogP contribution in [0.25, 0.3) is 0 Å². The third-order valence-corrected chi connectivity index (χ3v) is 4.62. The maximum Gasteiger partial charge on any atom is 0.184 e. The van der Waals surface area contributed by atoms with Crippen LogP contribution in [0.5, 0.6) is 0 Å². The van der Waals surface area contributed by atoms with Gasteiger partial charge >= 0.3 is 0 Å². The van der Waals surface area contributed by atoms with Crippen molar-refractivity contribution in [1.82, 2.24) is 10.3 Å². The summed E-state index contributed by atoms with van der Waals surface area (Å²) in [7, 11) is 0. The maximum absolute atomic E-state index is 6.10. The van der Waals surface area contributed by atoms with Crippen LogP contribution in [0.1, 0.15) is 11.1 Å². The van der Waals surface area contributed by atoms with Crippen LogP contribution in [0, 0.1) is 0 Å². The van der Waals surface area contributed by atoms with E-state index in [1.165, 1.54) is 11.3 Å². The van der Waals surface area contributed by atoms with E-state index in [0.717, 1.165) is 43.3 Å². The second-order valence-electron chi connectivity index (χ2n) is 6.22. The Morgan fingerprint density at radius 1 is 1.15 bits per heavy atom. The number of hydrazone groups is 1. The quantitative estimate of drug-likeness (QED) is 0.469. The Kier molecular flexibility index (Phi) is 6.44. The monoisotopic (exact) mass is 387 g/mol. The van der Waals surface area contributed by atoms with Crippen molar-refractivity contribution in [3.05, 3.63) is 64.7 Å². The third-order valence-electron chi connectivity index (χ3n) is 4.29. The highest BCUT2D eigenvalue weighted by Crippen LogP contribution is 2.21. The molecule has 5 nitrogen and oxygen atoms in total. The van der Waals surface area contributed by atoms with Crippen molar-refractivity contribution in [3.8, 4) is 0 Å². The molecule has 7 heteroatoms. The number of thiocarbonyl (C=S) groups is 1. The van der Waals surface area contributed by atoms with Crippen molar-refractivity contribution >= 4 is 40.8 Å². The first kappa shape index (κ1) is 18.6. The van der Waals surface area contributed by atoms with Gasteiger partial charge in [-0.3, -0.25) is 10.3 Å². The molecule has 0 saturated carbocycles. The van der Waals surface area contributed by atoms with Gasteiger partial charge in [0.05, 0.1) is 6.21 Å². The van der Waals surface area contributed by atoms with Gasteiger partial charge in [0, 0.05) is 43.4 Å². The van der Waals surface area contributed by atoms with Gasteiger partial charge in [0.25, 0.3) is 0 Å². The van der Waals surface area contributed by atoms with E-state index in [-0.39, 0.29) is 5.11 Å². The summed E-state index contributed by atoms with van der Waals surface area (Å²) in [6, 6.07) is 16.4. The van der Waals surface area contributed by atoms with Gasteiger partial charge < -0.3 is 10.6 Å². The second kappa shape index (κ2) is 8.98. The lowest BCUT2D eigenvalue weighted by molar-refractivity contribution is 0.250. The minimum Gasteiger partial charge on any atom is -0.375 e. The molecule has 0 aromatic heterocycles. The molecule has 1 saturated heterocycles. The fraction of sp³-hybridized carbons (Fsp3) is 0.263. The molecule has 3 rings (SSSR count). The summed E-state index contributed by atoms with van der Waals surface area (Å²) in [6.07, 6.45) is 1.72. The van der Waals surface area contributed by atoms with E-state index in [1.807, 2.05) is 30.3 Å². The van der Waals surface area contributed by atoms with Crippen molar-refractivity contribution in [3.63, 3.8) is 0 Å². The molecule has 0 spiro atoms. The Hall–Kier alpha value is -2.15. The van der Waals surface area contributed by atoms with E-state index < -0.39 is 0 Å². The van der Waals surface area contributed by atoms with Gasteiger partial charge in [-0.15, -0.1) is 0 Å². The summed E-state index contributed by atoms with van der Waals surface area (Å²) >= 11 is 10.8. The fourth-order valence-electron chi connectivity index (χ4n) is 3.04. The molecule has 1 heterocycles. The molecule has 0 unspecified atom stereocenters. The Labute approximate surface area is 164 Å². The topological polar surface area (TPSA) is 56.9 Å².